The summed E-state index contributed by atoms with van der Waals surface area (Å²) in [7, 11) is 0. The molecule has 0 aromatic heterocycles. The lowest BCUT2D eigenvalue weighted by Gasteiger charge is -2.08. The summed E-state index contributed by atoms with van der Waals surface area (Å²) in [6.07, 6.45) is 2.29. The number of allylic oxidation sites excluding steroid dienone is 1. The van der Waals surface area contributed by atoms with Crippen molar-refractivity contribution in [3.63, 3.8) is 0 Å². The Kier molecular flexibility index (Phi) is 0.627. The van der Waals surface area contributed by atoms with E-state index in [2.05, 4.69) is 6.58 Å². The molecule has 0 aliphatic heterocycles. The van der Waals surface area contributed by atoms with Gasteiger partial charge in [0.25, 0.3) is 0 Å². The Morgan fingerprint density at radius 2 is 1.60 bits per heavy atom. The van der Waals surface area contributed by atoms with Gasteiger partial charge in [0, 0.05) is 11.8 Å². The first kappa shape index (κ1) is 5.11. The molecule has 52 valence electrons. The van der Waals surface area contributed by atoms with E-state index in [1.807, 2.05) is 0 Å². The second-order valence-corrected chi connectivity index (χ2v) is 3.87. The van der Waals surface area contributed by atoms with E-state index in [0.717, 1.165) is 12.8 Å². The fourth-order valence-corrected chi connectivity index (χ4v) is 3.20. The van der Waals surface area contributed by atoms with Crippen LogP contribution in [0.15, 0.2) is 12.2 Å². The van der Waals surface area contributed by atoms with Crippen molar-refractivity contribution in [3.05, 3.63) is 12.2 Å². The van der Waals surface area contributed by atoms with Gasteiger partial charge in [-0.2, -0.15) is 0 Å². The largest absolute Gasteiger partial charge is 0.299 e. The predicted octanol–water partition coefficient (Wildman–Crippen LogP) is 1.40. The summed E-state index contributed by atoms with van der Waals surface area (Å²) >= 11 is 0. The molecule has 0 amide bonds. The summed E-state index contributed by atoms with van der Waals surface area (Å²) in [6.45, 7) is 4.04. The van der Waals surface area contributed by atoms with Gasteiger partial charge in [0.1, 0.15) is 5.78 Å². The first-order chi connectivity index (χ1) is 4.79. The maximum absolute atomic E-state index is 11.3. The third-order valence-corrected chi connectivity index (χ3v) is 3.67. The summed E-state index contributed by atoms with van der Waals surface area (Å²) in [5.41, 5.74) is 1.40. The van der Waals surface area contributed by atoms with Crippen LogP contribution in [-0.2, 0) is 4.79 Å². The SMILES string of the molecule is C=C1C2CC3C(=O)C2CC13. The first-order valence-corrected chi connectivity index (χ1v) is 4.01. The number of hydrogen-bond donors (Lipinski definition) is 0. The Balaban J connectivity index is 2.20. The highest BCUT2D eigenvalue weighted by atomic mass is 16.1. The highest BCUT2D eigenvalue weighted by Crippen LogP contribution is 2.62. The molecule has 0 N–H and O–H groups in total. The lowest BCUT2D eigenvalue weighted by Crippen LogP contribution is -2.13. The number of Topliss-reactive ketones (excluding diaryl/α,β-unsaturated/α-hetero) is 1. The zero-order valence-electron chi connectivity index (χ0n) is 5.84. The molecule has 4 unspecified atom stereocenters. The Labute approximate surface area is 60.1 Å². The molecular formula is C9H10O. The van der Waals surface area contributed by atoms with Gasteiger partial charge in [0.05, 0.1) is 0 Å². The maximum Gasteiger partial charge on any atom is 0.140 e. The van der Waals surface area contributed by atoms with E-state index in [-0.39, 0.29) is 0 Å². The average Bonchev–Trinajstić information content (AvgIpc) is 2.55. The van der Waals surface area contributed by atoms with Crippen molar-refractivity contribution in [2.45, 2.75) is 12.8 Å². The molecule has 4 fully saturated rings. The van der Waals surface area contributed by atoms with E-state index in [9.17, 15) is 4.79 Å². The summed E-state index contributed by atoms with van der Waals surface area (Å²) in [4.78, 5) is 11.3. The average molecular weight is 134 g/mol. The van der Waals surface area contributed by atoms with Crippen LogP contribution in [0.4, 0.5) is 0 Å². The summed E-state index contributed by atoms with van der Waals surface area (Å²) < 4.78 is 0. The van der Waals surface area contributed by atoms with Gasteiger partial charge in [0.2, 0.25) is 0 Å². The molecule has 4 bridgehead atoms. The van der Waals surface area contributed by atoms with Gasteiger partial charge in [0.15, 0.2) is 0 Å². The molecule has 4 aliphatic carbocycles. The topological polar surface area (TPSA) is 17.1 Å². The fraction of sp³-hybridized carbons (Fsp3) is 0.667. The maximum atomic E-state index is 11.3. The number of ketones is 1. The molecule has 10 heavy (non-hydrogen) atoms. The summed E-state index contributed by atoms with van der Waals surface area (Å²) in [5, 5.41) is 0. The van der Waals surface area contributed by atoms with E-state index in [1.165, 1.54) is 5.57 Å². The molecular weight excluding hydrogens is 124 g/mol. The number of hydrogen-bond acceptors (Lipinski definition) is 1. The van der Waals surface area contributed by atoms with Gasteiger partial charge < -0.3 is 0 Å². The van der Waals surface area contributed by atoms with E-state index >= 15 is 0 Å². The van der Waals surface area contributed by atoms with Crippen molar-refractivity contribution in [1.82, 2.24) is 0 Å². The molecule has 0 radical (unpaired) electrons. The lowest BCUT2D eigenvalue weighted by atomic mass is 9.95. The minimum Gasteiger partial charge on any atom is -0.299 e. The molecule has 0 aromatic carbocycles. The van der Waals surface area contributed by atoms with Gasteiger partial charge in [-0.1, -0.05) is 12.2 Å². The van der Waals surface area contributed by atoms with E-state index < -0.39 is 0 Å². The van der Waals surface area contributed by atoms with E-state index in [1.54, 1.807) is 0 Å². The zero-order chi connectivity index (χ0) is 6.88. The normalized spacial score (nSPS) is 55.6. The van der Waals surface area contributed by atoms with Crippen molar-refractivity contribution in [2.75, 3.05) is 0 Å². The molecule has 0 saturated heterocycles. The lowest BCUT2D eigenvalue weighted by molar-refractivity contribution is -0.122. The van der Waals surface area contributed by atoms with Crippen molar-refractivity contribution >= 4 is 5.78 Å². The van der Waals surface area contributed by atoms with Crippen LogP contribution in [0.2, 0.25) is 0 Å². The van der Waals surface area contributed by atoms with Crippen molar-refractivity contribution in [2.24, 2.45) is 23.7 Å². The van der Waals surface area contributed by atoms with Gasteiger partial charge in [-0.3, -0.25) is 4.79 Å². The van der Waals surface area contributed by atoms with Crippen LogP contribution in [0.3, 0.4) is 0 Å². The van der Waals surface area contributed by atoms with Crippen LogP contribution >= 0.6 is 0 Å². The highest BCUT2D eigenvalue weighted by Gasteiger charge is 2.61. The van der Waals surface area contributed by atoms with Crippen molar-refractivity contribution in [3.8, 4) is 0 Å². The predicted molar refractivity (Wildman–Crippen MR) is 37.3 cm³/mol. The number of rotatable bonds is 0. The van der Waals surface area contributed by atoms with Gasteiger partial charge >= 0.3 is 0 Å². The van der Waals surface area contributed by atoms with Crippen LogP contribution in [-0.4, -0.2) is 5.78 Å². The third-order valence-electron chi connectivity index (χ3n) is 3.67. The Hall–Kier alpha value is -0.590. The molecule has 4 aliphatic rings. The van der Waals surface area contributed by atoms with E-state index in [4.69, 9.17) is 0 Å². The van der Waals surface area contributed by atoms with Crippen molar-refractivity contribution < 1.29 is 4.79 Å². The molecule has 0 heterocycles. The van der Waals surface area contributed by atoms with Crippen LogP contribution in [0.1, 0.15) is 12.8 Å². The van der Waals surface area contributed by atoms with Crippen LogP contribution in [0, 0.1) is 23.7 Å². The summed E-state index contributed by atoms with van der Waals surface area (Å²) in [6, 6.07) is 0. The zero-order valence-corrected chi connectivity index (χ0v) is 5.84. The third kappa shape index (κ3) is 0.309. The van der Waals surface area contributed by atoms with Crippen LogP contribution in [0.25, 0.3) is 0 Å². The van der Waals surface area contributed by atoms with Crippen molar-refractivity contribution in [1.29, 1.82) is 0 Å². The molecule has 4 rings (SSSR count). The standard InChI is InChI=1S/C9H10O/c1-4-5-2-7-6(4)3-8(5)9(7)10/h5-8H,1-3H2. The second-order valence-electron chi connectivity index (χ2n) is 3.87. The Bertz CT molecular complexity index is 195. The molecule has 0 spiro atoms. The molecule has 4 saturated carbocycles. The molecule has 1 heteroatoms. The van der Waals surface area contributed by atoms with Gasteiger partial charge in [-0.05, 0) is 24.7 Å². The van der Waals surface area contributed by atoms with Gasteiger partial charge in [-0.25, -0.2) is 0 Å². The minimum atomic E-state index is 0.419. The number of carbonyl (C=O) groups is 1. The first-order valence-electron chi connectivity index (χ1n) is 4.01. The Morgan fingerprint density at radius 3 is 1.90 bits per heavy atom. The fourth-order valence-electron chi connectivity index (χ4n) is 3.20. The quantitative estimate of drug-likeness (QED) is 0.458. The Morgan fingerprint density at radius 1 is 1.10 bits per heavy atom. The molecule has 1 nitrogen and oxygen atoms in total. The highest BCUT2D eigenvalue weighted by molar-refractivity contribution is 5.91. The van der Waals surface area contributed by atoms with Gasteiger partial charge in [-0.15, -0.1) is 0 Å². The van der Waals surface area contributed by atoms with Crippen LogP contribution < -0.4 is 0 Å². The minimum absolute atomic E-state index is 0.419. The number of carbonyl (C=O) groups excluding carboxylic acids is 1. The monoisotopic (exact) mass is 134 g/mol. The summed E-state index contributed by atoms with van der Waals surface area (Å²) in [5.74, 6) is 2.62. The van der Waals surface area contributed by atoms with E-state index in [0.29, 0.717) is 29.5 Å². The molecule has 0 aromatic rings. The molecule has 4 atom stereocenters. The smallest absolute Gasteiger partial charge is 0.140 e. The second kappa shape index (κ2) is 1.23. The van der Waals surface area contributed by atoms with Crippen LogP contribution in [0.5, 0.6) is 0 Å².